The summed E-state index contributed by atoms with van der Waals surface area (Å²) < 4.78 is 2.16. The average molecular weight is 318 g/mol. The predicted octanol–water partition coefficient (Wildman–Crippen LogP) is 2.70. The zero-order chi connectivity index (χ0) is 15.4. The molecule has 1 aliphatic rings. The smallest absolute Gasteiger partial charge is 0.227 e. The Labute approximate surface area is 135 Å². The SMILES string of the molecule is CCCn1cnnc1C1CCN(C(=O)Cc2cccs2)CC1. The number of carbonyl (C=O) groups excluding carboxylic acids is 1. The lowest BCUT2D eigenvalue weighted by Crippen LogP contribution is -2.39. The molecule has 118 valence electrons. The van der Waals surface area contributed by atoms with Gasteiger partial charge in [-0.1, -0.05) is 13.0 Å². The molecule has 1 amide bonds. The van der Waals surface area contributed by atoms with Gasteiger partial charge >= 0.3 is 0 Å². The monoisotopic (exact) mass is 318 g/mol. The van der Waals surface area contributed by atoms with Crippen LogP contribution in [0.25, 0.3) is 0 Å². The van der Waals surface area contributed by atoms with Gasteiger partial charge < -0.3 is 9.47 Å². The highest BCUT2D eigenvalue weighted by Gasteiger charge is 2.26. The molecule has 0 aromatic carbocycles. The summed E-state index contributed by atoms with van der Waals surface area (Å²) in [5.74, 6) is 1.77. The zero-order valence-corrected chi connectivity index (χ0v) is 13.8. The number of carbonyl (C=O) groups is 1. The molecule has 1 saturated heterocycles. The molecule has 0 saturated carbocycles. The highest BCUT2D eigenvalue weighted by atomic mass is 32.1. The maximum absolute atomic E-state index is 12.3. The van der Waals surface area contributed by atoms with E-state index in [1.165, 1.54) is 0 Å². The quantitative estimate of drug-likeness (QED) is 0.851. The number of hydrogen-bond acceptors (Lipinski definition) is 4. The minimum atomic E-state index is 0.246. The van der Waals surface area contributed by atoms with Gasteiger partial charge in [-0.15, -0.1) is 21.5 Å². The van der Waals surface area contributed by atoms with Crippen molar-refractivity contribution < 1.29 is 4.79 Å². The summed E-state index contributed by atoms with van der Waals surface area (Å²) in [5.41, 5.74) is 0. The van der Waals surface area contributed by atoms with Gasteiger partial charge in [0.2, 0.25) is 5.91 Å². The van der Waals surface area contributed by atoms with E-state index in [0.717, 1.165) is 49.6 Å². The van der Waals surface area contributed by atoms with Crippen LogP contribution in [0.1, 0.15) is 42.8 Å². The largest absolute Gasteiger partial charge is 0.342 e. The number of amides is 1. The summed E-state index contributed by atoms with van der Waals surface area (Å²) in [6.45, 7) is 4.79. The van der Waals surface area contributed by atoms with Gasteiger partial charge in [0.15, 0.2) is 0 Å². The van der Waals surface area contributed by atoms with E-state index in [1.807, 2.05) is 28.7 Å². The summed E-state index contributed by atoms with van der Waals surface area (Å²) in [4.78, 5) is 15.5. The van der Waals surface area contributed by atoms with Gasteiger partial charge in [-0.3, -0.25) is 4.79 Å². The van der Waals surface area contributed by atoms with Crippen molar-refractivity contribution in [2.45, 2.75) is 45.1 Å². The fraction of sp³-hybridized carbons (Fsp3) is 0.562. The molecule has 0 unspecified atom stereocenters. The molecule has 22 heavy (non-hydrogen) atoms. The van der Waals surface area contributed by atoms with E-state index in [0.29, 0.717) is 12.3 Å². The predicted molar refractivity (Wildman–Crippen MR) is 86.9 cm³/mol. The average Bonchev–Trinajstić information content (AvgIpc) is 3.19. The Morgan fingerprint density at radius 1 is 1.41 bits per heavy atom. The Morgan fingerprint density at radius 2 is 2.23 bits per heavy atom. The van der Waals surface area contributed by atoms with Crippen molar-refractivity contribution in [1.82, 2.24) is 19.7 Å². The third kappa shape index (κ3) is 3.38. The molecular weight excluding hydrogens is 296 g/mol. The Bertz CT molecular complexity index is 599. The van der Waals surface area contributed by atoms with E-state index in [2.05, 4.69) is 21.7 Å². The molecule has 0 spiro atoms. The number of hydrogen-bond donors (Lipinski definition) is 0. The minimum Gasteiger partial charge on any atom is -0.342 e. The summed E-state index contributed by atoms with van der Waals surface area (Å²) >= 11 is 1.65. The molecule has 2 aromatic rings. The van der Waals surface area contributed by atoms with Crippen LogP contribution in [0.5, 0.6) is 0 Å². The number of rotatable bonds is 5. The number of aromatic nitrogens is 3. The number of piperidine rings is 1. The first-order chi connectivity index (χ1) is 10.8. The first-order valence-corrected chi connectivity index (χ1v) is 8.83. The van der Waals surface area contributed by atoms with Crippen LogP contribution in [0.2, 0.25) is 0 Å². The van der Waals surface area contributed by atoms with Crippen LogP contribution in [0.4, 0.5) is 0 Å². The highest BCUT2D eigenvalue weighted by Crippen LogP contribution is 2.27. The molecule has 1 fully saturated rings. The van der Waals surface area contributed by atoms with Crippen molar-refractivity contribution in [3.63, 3.8) is 0 Å². The van der Waals surface area contributed by atoms with Gasteiger partial charge in [0.1, 0.15) is 12.2 Å². The van der Waals surface area contributed by atoms with Gasteiger partial charge in [0.25, 0.3) is 0 Å². The Kier molecular flexibility index (Phi) is 4.87. The molecule has 0 bridgehead atoms. The van der Waals surface area contributed by atoms with Crippen LogP contribution < -0.4 is 0 Å². The zero-order valence-electron chi connectivity index (χ0n) is 12.9. The van der Waals surface area contributed by atoms with Crippen molar-refractivity contribution in [2.24, 2.45) is 0 Å². The fourth-order valence-electron chi connectivity index (χ4n) is 3.05. The first-order valence-electron chi connectivity index (χ1n) is 7.95. The van der Waals surface area contributed by atoms with Gasteiger partial charge in [-0.25, -0.2) is 0 Å². The van der Waals surface area contributed by atoms with Crippen LogP contribution in [0.3, 0.4) is 0 Å². The van der Waals surface area contributed by atoms with Crippen LogP contribution in [0, 0.1) is 0 Å². The second kappa shape index (κ2) is 7.05. The molecule has 3 rings (SSSR count). The molecule has 0 aliphatic carbocycles. The van der Waals surface area contributed by atoms with Crippen LogP contribution in [0.15, 0.2) is 23.8 Å². The first kappa shape index (κ1) is 15.2. The van der Waals surface area contributed by atoms with E-state index in [9.17, 15) is 4.79 Å². The Hall–Kier alpha value is -1.69. The van der Waals surface area contributed by atoms with Crippen molar-refractivity contribution in [2.75, 3.05) is 13.1 Å². The molecule has 0 N–H and O–H groups in total. The summed E-state index contributed by atoms with van der Waals surface area (Å²) in [6.07, 6.45) is 5.42. The maximum Gasteiger partial charge on any atom is 0.227 e. The second-order valence-electron chi connectivity index (χ2n) is 5.79. The summed E-state index contributed by atoms with van der Waals surface area (Å²) in [5, 5.41) is 10.4. The fourth-order valence-corrected chi connectivity index (χ4v) is 3.75. The molecule has 6 heteroatoms. The van der Waals surface area contributed by atoms with Gasteiger partial charge in [0.05, 0.1) is 6.42 Å². The van der Waals surface area contributed by atoms with Gasteiger partial charge in [0, 0.05) is 30.4 Å². The number of likely N-dealkylation sites (tertiary alicyclic amines) is 1. The van der Waals surface area contributed by atoms with E-state index in [1.54, 1.807) is 11.3 Å². The molecule has 5 nitrogen and oxygen atoms in total. The summed E-state index contributed by atoms with van der Waals surface area (Å²) in [7, 11) is 0. The highest BCUT2D eigenvalue weighted by molar-refractivity contribution is 7.10. The van der Waals surface area contributed by atoms with Crippen molar-refractivity contribution in [3.05, 3.63) is 34.5 Å². The standard InChI is InChI=1S/C16H22N4OS/c1-2-7-20-12-17-18-16(20)13-5-8-19(9-6-13)15(21)11-14-4-3-10-22-14/h3-4,10,12-13H,2,5-9,11H2,1H3. The third-order valence-electron chi connectivity index (χ3n) is 4.23. The molecule has 3 heterocycles. The Balaban J connectivity index is 1.55. The topological polar surface area (TPSA) is 51.0 Å². The lowest BCUT2D eigenvalue weighted by atomic mass is 9.95. The van der Waals surface area contributed by atoms with Crippen molar-refractivity contribution in [1.29, 1.82) is 0 Å². The lowest BCUT2D eigenvalue weighted by Gasteiger charge is -2.31. The van der Waals surface area contributed by atoms with E-state index < -0.39 is 0 Å². The van der Waals surface area contributed by atoms with E-state index in [-0.39, 0.29) is 5.91 Å². The van der Waals surface area contributed by atoms with Crippen molar-refractivity contribution in [3.8, 4) is 0 Å². The summed E-state index contributed by atoms with van der Waals surface area (Å²) in [6, 6.07) is 4.03. The van der Waals surface area contributed by atoms with Gasteiger partial charge in [-0.05, 0) is 30.7 Å². The molecular formula is C16H22N4OS. The second-order valence-corrected chi connectivity index (χ2v) is 6.83. The van der Waals surface area contributed by atoms with E-state index >= 15 is 0 Å². The molecule has 2 aromatic heterocycles. The van der Waals surface area contributed by atoms with Gasteiger partial charge in [-0.2, -0.15) is 0 Å². The molecule has 1 aliphatic heterocycles. The van der Waals surface area contributed by atoms with Crippen LogP contribution in [-0.2, 0) is 17.8 Å². The maximum atomic E-state index is 12.3. The molecule has 0 atom stereocenters. The van der Waals surface area contributed by atoms with Crippen LogP contribution in [-0.4, -0.2) is 38.7 Å². The third-order valence-corrected chi connectivity index (χ3v) is 5.10. The normalized spacial score (nSPS) is 16.1. The minimum absolute atomic E-state index is 0.246. The molecule has 0 radical (unpaired) electrons. The number of nitrogens with zero attached hydrogens (tertiary/aromatic N) is 4. The lowest BCUT2D eigenvalue weighted by molar-refractivity contribution is -0.131. The number of thiophene rings is 1. The Morgan fingerprint density at radius 3 is 2.91 bits per heavy atom. The van der Waals surface area contributed by atoms with E-state index in [4.69, 9.17) is 0 Å². The van der Waals surface area contributed by atoms with Crippen LogP contribution >= 0.6 is 11.3 Å². The number of aryl methyl sites for hydroxylation is 1. The van der Waals surface area contributed by atoms with Crippen molar-refractivity contribution >= 4 is 17.2 Å².